The van der Waals surface area contributed by atoms with Gasteiger partial charge in [0.15, 0.2) is 5.13 Å². The second-order valence-corrected chi connectivity index (χ2v) is 7.73. The summed E-state index contributed by atoms with van der Waals surface area (Å²) in [6.07, 6.45) is 6.50. The Bertz CT molecular complexity index is 776. The molecule has 1 amide bonds. The molecule has 2 aromatic rings. The molecule has 0 saturated carbocycles. The molecule has 0 spiro atoms. The highest BCUT2D eigenvalue weighted by atomic mass is 32.1. The van der Waals surface area contributed by atoms with Gasteiger partial charge in [0.2, 0.25) is 5.91 Å². The summed E-state index contributed by atoms with van der Waals surface area (Å²) in [6, 6.07) is 4.28. The molecule has 0 bridgehead atoms. The van der Waals surface area contributed by atoms with Gasteiger partial charge in [-0.3, -0.25) is 14.7 Å². The van der Waals surface area contributed by atoms with E-state index < -0.39 is 0 Å². The molecule has 3 rings (SSSR count). The van der Waals surface area contributed by atoms with Crippen molar-refractivity contribution in [2.45, 2.75) is 40.2 Å². The number of nitrogens with one attached hydrogen (secondary N) is 1. The Balaban J connectivity index is 1.65. The third-order valence-corrected chi connectivity index (χ3v) is 4.99. The molecule has 1 saturated heterocycles. The van der Waals surface area contributed by atoms with Crippen molar-refractivity contribution >= 4 is 28.5 Å². The van der Waals surface area contributed by atoms with E-state index in [2.05, 4.69) is 38.4 Å². The van der Waals surface area contributed by atoms with Crippen molar-refractivity contribution in [3.8, 4) is 0 Å². The summed E-state index contributed by atoms with van der Waals surface area (Å²) < 4.78 is 0. The maximum absolute atomic E-state index is 11.1. The zero-order chi connectivity index (χ0) is 17.8. The standard InChI is InChI=1S/C19H24N4OS/c1-13-7-17(8-14(2)21-13)9-16-5-4-6-23(11-16)12-18-10-20-19(25-18)22-15(3)24/h7-10H,4-6,11-12H2,1-3H3,(H,20,22,24)/b16-9+. The summed E-state index contributed by atoms with van der Waals surface area (Å²) in [5.41, 5.74) is 4.83. The Morgan fingerprint density at radius 1 is 1.36 bits per heavy atom. The van der Waals surface area contributed by atoms with Crippen LogP contribution in [0.3, 0.4) is 0 Å². The number of thiazole rings is 1. The van der Waals surface area contributed by atoms with Crippen molar-refractivity contribution in [3.05, 3.63) is 45.7 Å². The molecule has 132 valence electrons. The van der Waals surface area contributed by atoms with Crippen LogP contribution in [-0.4, -0.2) is 33.9 Å². The minimum atomic E-state index is -0.0768. The number of rotatable bonds is 4. The second kappa shape index (κ2) is 7.89. The van der Waals surface area contributed by atoms with E-state index in [1.807, 2.05) is 20.0 Å². The summed E-state index contributed by atoms with van der Waals surface area (Å²) in [4.78, 5) is 23.4. The zero-order valence-corrected chi connectivity index (χ0v) is 15.8. The first-order valence-electron chi connectivity index (χ1n) is 8.57. The fourth-order valence-electron chi connectivity index (χ4n) is 3.22. The highest BCUT2D eigenvalue weighted by molar-refractivity contribution is 7.15. The van der Waals surface area contributed by atoms with E-state index in [-0.39, 0.29) is 5.91 Å². The number of hydrogen-bond donors (Lipinski definition) is 1. The maximum atomic E-state index is 11.1. The molecule has 3 heterocycles. The Hall–Kier alpha value is -2.05. The van der Waals surface area contributed by atoms with Gasteiger partial charge in [0.1, 0.15) is 0 Å². The van der Waals surface area contributed by atoms with Crippen molar-refractivity contribution in [2.24, 2.45) is 0 Å². The first-order chi connectivity index (χ1) is 12.0. The lowest BCUT2D eigenvalue weighted by molar-refractivity contribution is -0.114. The number of pyridine rings is 1. The Morgan fingerprint density at radius 3 is 2.84 bits per heavy atom. The average Bonchev–Trinajstić information content (AvgIpc) is 2.92. The molecule has 0 unspecified atom stereocenters. The number of aryl methyl sites for hydroxylation is 2. The van der Waals surface area contributed by atoms with Crippen LogP contribution in [0.15, 0.2) is 23.9 Å². The van der Waals surface area contributed by atoms with Crippen LogP contribution in [0.2, 0.25) is 0 Å². The Morgan fingerprint density at radius 2 is 2.12 bits per heavy atom. The van der Waals surface area contributed by atoms with E-state index in [0.29, 0.717) is 5.13 Å². The molecular weight excluding hydrogens is 332 g/mol. The zero-order valence-electron chi connectivity index (χ0n) is 15.0. The van der Waals surface area contributed by atoms with E-state index in [0.717, 1.165) is 37.4 Å². The lowest BCUT2D eigenvalue weighted by Crippen LogP contribution is -2.30. The molecule has 6 heteroatoms. The van der Waals surface area contributed by atoms with E-state index >= 15 is 0 Å². The summed E-state index contributed by atoms with van der Waals surface area (Å²) in [5.74, 6) is -0.0768. The van der Waals surface area contributed by atoms with Gasteiger partial charge in [0.05, 0.1) is 0 Å². The third-order valence-electron chi connectivity index (χ3n) is 4.09. The van der Waals surface area contributed by atoms with Crippen molar-refractivity contribution in [1.82, 2.24) is 14.9 Å². The summed E-state index contributed by atoms with van der Waals surface area (Å²) >= 11 is 1.55. The van der Waals surface area contributed by atoms with Crippen molar-refractivity contribution in [2.75, 3.05) is 18.4 Å². The van der Waals surface area contributed by atoms with Crippen LogP contribution in [-0.2, 0) is 11.3 Å². The SMILES string of the molecule is CC(=O)Nc1ncc(CN2CCC/C(=C\c3cc(C)nc(C)c3)C2)s1. The molecule has 1 fully saturated rings. The fourth-order valence-corrected chi connectivity index (χ4v) is 4.12. The minimum Gasteiger partial charge on any atom is -0.302 e. The third kappa shape index (κ3) is 5.21. The van der Waals surface area contributed by atoms with Crippen LogP contribution in [0.25, 0.3) is 6.08 Å². The minimum absolute atomic E-state index is 0.0768. The van der Waals surface area contributed by atoms with Gasteiger partial charge in [-0.05, 0) is 50.9 Å². The number of amides is 1. The van der Waals surface area contributed by atoms with Crippen LogP contribution in [0, 0.1) is 13.8 Å². The van der Waals surface area contributed by atoms with Crippen LogP contribution >= 0.6 is 11.3 Å². The van der Waals surface area contributed by atoms with Gasteiger partial charge in [0, 0.05) is 42.5 Å². The molecule has 2 aromatic heterocycles. The predicted octanol–water partition coefficient (Wildman–Crippen LogP) is 3.79. The number of carbonyl (C=O) groups is 1. The quantitative estimate of drug-likeness (QED) is 0.905. The Labute approximate surface area is 152 Å². The fraction of sp³-hybridized carbons (Fsp3) is 0.421. The predicted molar refractivity (Wildman–Crippen MR) is 103 cm³/mol. The molecule has 25 heavy (non-hydrogen) atoms. The number of hydrogen-bond acceptors (Lipinski definition) is 5. The van der Waals surface area contributed by atoms with Gasteiger partial charge in [-0.2, -0.15) is 0 Å². The molecule has 0 aromatic carbocycles. The topological polar surface area (TPSA) is 58.1 Å². The Kier molecular flexibility index (Phi) is 5.60. The number of likely N-dealkylation sites (tertiary alicyclic amines) is 1. The number of piperidine rings is 1. The van der Waals surface area contributed by atoms with Crippen molar-refractivity contribution < 1.29 is 4.79 Å². The molecule has 1 aliphatic rings. The number of nitrogens with zero attached hydrogens (tertiary/aromatic N) is 3. The average molecular weight is 356 g/mol. The van der Waals surface area contributed by atoms with Gasteiger partial charge in [-0.1, -0.05) is 11.6 Å². The number of carbonyl (C=O) groups excluding carboxylic acids is 1. The first-order valence-corrected chi connectivity index (χ1v) is 9.39. The smallest absolute Gasteiger partial charge is 0.223 e. The monoisotopic (exact) mass is 356 g/mol. The van der Waals surface area contributed by atoms with Crippen LogP contribution in [0.1, 0.15) is 41.6 Å². The molecular formula is C19H24N4OS. The van der Waals surface area contributed by atoms with Crippen molar-refractivity contribution in [3.63, 3.8) is 0 Å². The molecule has 5 nitrogen and oxygen atoms in total. The van der Waals surface area contributed by atoms with Gasteiger partial charge in [0.25, 0.3) is 0 Å². The van der Waals surface area contributed by atoms with E-state index in [4.69, 9.17) is 0 Å². The highest BCUT2D eigenvalue weighted by Crippen LogP contribution is 2.24. The summed E-state index contributed by atoms with van der Waals surface area (Å²) in [7, 11) is 0. The first kappa shape index (κ1) is 17.8. The second-order valence-electron chi connectivity index (χ2n) is 6.61. The molecule has 0 aliphatic carbocycles. The van der Waals surface area contributed by atoms with Gasteiger partial charge in [-0.15, -0.1) is 11.3 Å². The number of aromatic nitrogens is 2. The lowest BCUT2D eigenvalue weighted by Gasteiger charge is -2.28. The normalized spacial score (nSPS) is 17.0. The highest BCUT2D eigenvalue weighted by Gasteiger charge is 2.16. The van der Waals surface area contributed by atoms with E-state index in [1.165, 1.54) is 29.4 Å². The summed E-state index contributed by atoms with van der Waals surface area (Å²) in [5, 5.41) is 3.43. The lowest BCUT2D eigenvalue weighted by atomic mass is 10.0. The number of anilines is 1. The van der Waals surface area contributed by atoms with Crippen LogP contribution in [0.4, 0.5) is 5.13 Å². The van der Waals surface area contributed by atoms with E-state index in [9.17, 15) is 4.79 Å². The van der Waals surface area contributed by atoms with Gasteiger partial charge >= 0.3 is 0 Å². The van der Waals surface area contributed by atoms with Crippen LogP contribution in [0.5, 0.6) is 0 Å². The summed E-state index contributed by atoms with van der Waals surface area (Å²) in [6.45, 7) is 8.54. The van der Waals surface area contributed by atoms with Crippen LogP contribution < -0.4 is 5.32 Å². The molecule has 0 radical (unpaired) electrons. The van der Waals surface area contributed by atoms with E-state index in [1.54, 1.807) is 11.3 Å². The van der Waals surface area contributed by atoms with Gasteiger partial charge < -0.3 is 5.32 Å². The van der Waals surface area contributed by atoms with Crippen molar-refractivity contribution in [1.29, 1.82) is 0 Å². The maximum Gasteiger partial charge on any atom is 0.223 e. The molecule has 1 N–H and O–H groups in total. The molecule has 1 aliphatic heterocycles. The van der Waals surface area contributed by atoms with Gasteiger partial charge in [-0.25, -0.2) is 4.98 Å². The largest absolute Gasteiger partial charge is 0.302 e. The molecule has 0 atom stereocenters.